The largest absolute Gasteiger partial charge is 0.383 e. The van der Waals surface area contributed by atoms with E-state index >= 15 is 0 Å². The number of nitrogens with one attached hydrogen (secondary N) is 1. The molecule has 1 unspecified atom stereocenters. The summed E-state index contributed by atoms with van der Waals surface area (Å²) in [6.45, 7) is 4.01. The van der Waals surface area contributed by atoms with E-state index in [0.717, 1.165) is 0 Å². The molecule has 1 amide bonds. The monoisotopic (exact) mass is 323 g/mol. The lowest BCUT2D eigenvalue weighted by Crippen LogP contribution is -2.37. The lowest BCUT2D eigenvalue weighted by molar-refractivity contribution is -0.122. The van der Waals surface area contributed by atoms with Crippen LogP contribution in [0.25, 0.3) is 0 Å². The van der Waals surface area contributed by atoms with Crippen molar-refractivity contribution in [2.75, 3.05) is 13.7 Å². The van der Waals surface area contributed by atoms with Crippen LogP contribution in [0.3, 0.4) is 0 Å². The number of aryl methyl sites for hydroxylation is 1. The van der Waals surface area contributed by atoms with Crippen molar-refractivity contribution in [1.29, 1.82) is 0 Å². The Morgan fingerprint density at radius 3 is 2.75 bits per heavy atom. The molecule has 0 radical (unpaired) electrons. The molecular formula is C11H18ClN3O4S. The molecule has 0 aliphatic rings. The van der Waals surface area contributed by atoms with Gasteiger partial charge in [-0.05, 0) is 6.92 Å². The fraction of sp³-hybridized carbons (Fsp3) is 0.636. The molecule has 0 aliphatic heterocycles. The van der Waals surface area contributed by atoms with Crippen molar-refractivity contribution >= 4 is 25.6 Å². The van der Waals surface area contributed by atoms with Crippen LogP contribution in [-0.4, -0.2) is 43.6 Å². The van der Waals surface area contributed by atoms with Crippen molar-refractivity contribution in [3.8, 4) is 0 Å². The van der Waals surface area contributed by atoms with Crippen molar-refractivity contribution in [3.05, 3.63) is 12.0 Å². The highest BCUT2D eigenvalue weighted by atomic mass is 35.7. The lowest BCUT2D eigenvalue weighted by Gasteiger charge is -2.13. The van der Waals surface area contributed by atoms with Gasteiger partial charge in [-0.25, -0.2) is 13.4 Å². The average molecular weight is 324 g/mol. The first-order chi connectivity index (χ1) is 9.27. The minimum absolute atomic E-state index is 0.0172. The topological polar surface area (TPSA) is 90.3 Å². The van der Waals surface area contributed by atoms with Crippen molar-refractivity contribution in [2.45, 2.75) is 37.9 Å². The highest BCUT2D eigenvalue weighted by molar-refractivity contribution is 8.13. The molecule has 7 nitrogen and oxygen atoms in total. The molecule has 9 heteroatoms. The van der Waals surface area contributed by atoms with Crippen LogP contribution in [0.5, 0.6) is 0 Å². The van der Waals surface area contributed by atoms with E-state index in [4.69, 9.17) is 15.4 Å². The molecule has 0 aliphatic carbocycles. The van der Waals surface area contributed by atoms with Gasteiger partial charge in [-0.15, -0.1) is 0 Å². The number of imidazole rings is 1. The first kappa shape index (κ1) is 16.9. The second-order valence-electron chi connectivity index (χ2n) is 4.34. The van der Waals surface area contributed by atoms with Crippen molar-refractivity contribution in [3.63, 3.8) is 0 Å². The molecule has 0 aromatic carbocycles. The van der Waals surface area contributed by atoms with Crippen LogP contribution >= 0.6 is 10.7 Å². The fourth-order valence-corrected chi connectivity index (χ4v) is 2.42. The summed E-state index contributed by atoms with van der Waals surface area (Å²) in [5.41, 5.74) is 0. The van der Waals surface area contributed by atoms with Crippen molar-refractivity contribution < 1.29 is 17.9 Å². The predicted octanol–water partition coefficient (Wildman–Crippen LogP) is 0.524. The Morgan fingerprint density at radius 1 is 1.60 bits per heavy atom. The summed E-state index contributed by atoms with van der Waals surface area (Å²) in [5, 5.41) is 2.49. The van der Waals surface area contributed by atoms with Crippen LogP contribution in [0.15, 0.2) is 11.2 Å². The summed E-state index contributed by atoms with van der Waals surface area (Å²) in [5.74, 6) is 0.235. The zero-order chi connectivity index (χ0) is 15.3. The Labute approximate surface area is 122 Å². The normalized spacial score (nSPS) is 13.2. The number of amides is 1. The lowest BCUT2D eigenvalue weighted by atomic mass is 10.3. The maximum absolute atomic E-state index is 11.8. The summed E-state index contributed by atoms with van der Waals surface area (Å²) in [6, 6.07) is -0.127. The molecule has 0 fully saturated rings. The minimum Gasteiger partial charge on any atom is -0.383 e. The third-order valence-electron chi connectivity index (χ3n) is 2.54. The highest BCUT2D eigenvalue weighted by Gasteiger charge is 2.18. The number of nitrogens with zero attached hydrogens (tertiary/aromatic N) is 2. The molecule has 0 bridgehead atoms. The first-order valence-electron chi connectivity index (χ1n) is 6.07. The van der Waals surface area contributed by atoms with Crippen LogP contribution in [0.2, 0.25) is 0 Å². The molecule has 0 saturated heterocycles. The summed E-state index contributed by atoms with van der Waals surface area (Å²) >= 11 is 0. The number of halogens is 1. The van der Waals surface area contributed by atoms with Gasteiger partial charge >= 0.3 is 0 Å². The summed E-state index contributed by atoms with van der Waals surface area (Å²) in [6.07, 6.45) is 1.76. The third-order valence-corrected chi connectivity index (χ3v) is 3.71. The van der Waals surface area contributed by atoms with E-state index in [1.165, 1.54) is 10.8 Å². The van der Waals surface area contributed by atoms with Crippen molar-refractivity contribution in [2.24, 2.45) is 0 Å². The van der Waals surface area contributed by atoms with Gasteiger partial charge in [-0.1, -0.05) is 6.92 Å². The molecule has 0 spiro atoms. The number of hydrogen-bond donors (Lipinski definition) is 1. The van der Waals surface area contributed by atoms with Gasteiger partial charge in [-0.3, -0.25) is 4.79 Å². The smallest absolute Gasteiger partial charge is 0.280 e. The Morgan fingerprint density at radius 2 is 2.25 bits per heavy atom. The molecule has 114 valence electrons. The second kappa shape index (κ2) is 7.05. The summed E-state index contributed by atoms with van der Waals surface area (Å²) in [7, 11) is 2.90. The number of rotatable bonds is 7. The molecular weight excluding hydrogens is 306 g/mol. The standard InChI is InChI=1S/C11H18ClN3O4S/c1-4-9-14-11(20(12,17)18)6-15(9)5-10(16)13-8(2)7-19-3/h6,8H,4-5,7H2,1-3H3,(H,13,16). The van der Waals surface area contributed by atoms with Gasteiger partial charge in [0.15, 0.2) is 5.03 Å². The quantitative estimate of drug-likeness (QED) is 0.739. The van der Waals surface area contributed by atoms with E-state index in [-0.39, 0.29) is 23.5 Å². The molecule has 1 aromatic rings. The Bertz CT molecular complexity index is 570. The number of carbonyl (C=O) groups is 1. The molecule has 0 saturated carbocycles. The zero-order valence-corrected chi connectivity index (χ0v) is 13.2. The second-order valence-corrected chi connectivity index (χ2v) is 6.85. The fourth-order valence-electron chi connectivity index (χ4n) is 1.73. The summed E-state index contributed by atoms with van der Waals surface area (Å²) < 4.78 is 28.9. The van der Waals surface area contributed by atoms with Gasteiger partial charge < -0.3 is 14.6 Å². The molecule has 1 heterocycles. The average Bonchev–Trinajstić information content (AvgIpc) is 2.71. The van der Waals surface area contributed by atoms with Crippen LogP contribution in [0, 0.1) is 0 Å². The van der Waals surface area contributed by atoms with E-state index in [1.54, 1.807) is 7.11 Å². The molecule has 1 aromatic heterocycles. The van der Waals surface area contributed by atoms with E-state index < -0.39 is 9.05 Å². The number of ether oxygens (including phenoxy) is 1. The molecule has 20 heavy (non-hydrogen) atoms. The van der Waals surface area contributed by atoms with Gasteiger partial charge in [0.25, 0.3) is 9.05 Å². The van der Waals surface area contributed by atoms with Gasteiger partial charge in [0.2, 0.25) is 5.91 Å². The molecule has 1 atom stereocenters. The number of methoxy groups -OCH3 is 1. The first-order valence-corrected chi connectivity index (χ1v) is 8.37. The highest BCUT2D eigenvalue weighted by Crippen LogP contribution is 2.14. The van der Waals surface area contributed by atoms with Gasteiger partial charge in [0, 0.05) is 36.5 Å². The molecule has 1 N–H and O–H groups in total. The van der Waals surface area contributed by atoms with Gasteiger partial charge in [0.05, 0.1) is 6.61 Å². The Balaban J connectivity index is 2.81. The van der Waals surface area contributed by atoms with Crippen LogP contribution < -0.4 is 5.32 Å². The Hall–Kier alpha value is -1.12. The van der Waals surface area contributed by atoms with Gasteiger partial charge in [-0.2, -0.15) is 0 Å². The van der Waals surface area contributed by atoms with Crippen LogP contribution in [0.1, 0.15) is 19.7 Å². The van der Waals surface area contributed by atoms with Crippen molar-refractivity contribution in [1.82, 2.24) is 14.9 Å². The summed E-state index contributed by atoms with van der Waals surface area (Å²) in [4.78, 5) is 15.7. The van der Waals surface area contributed by atoms with Crippen LogP contribution in [-0.2, 0) is 31.5 Å². The number of carbonyl (C=O) groups excluding carboxylic acids is 1. The maximum Gasteiger partial charge on any atom is 0.280 e. The van der Waals surface area contributed by atoms with E-state index in [2.05, 4.69) is 10.3 Å². The number of aromatic nitrogens is 2. The van der Waals surface area contributed by atoms with E-state index in [0.29, 0.717) is 18.9 Å². The third kappa shape index (κ3) is 4.77. The maximum atomic E-state index is 11.8. The SMILES string of the molecule is CCc1nc(S(=O)(=O)Cl)cn1CC(=O)NC(C)COC. The Kier molecular flexibility index (Phi) is 5.97. The van der Waals surface area contributed by atoms with E-state index in [1.807, 2.05) is 13.8 Å². The predicted molar refractivity (Wildman–Crippen MR) is 74.1 cm³/mol. The molecule has 1 rings (SSSR count). The zero-order valence-electron chi connectivity index (χ0n) is 11.6. The van der Waals surface area contributed by atoms with Gasteiger partial charge in [0.1, 0.15) is 12.4 Å². The number of hydrogen-bond acceptors (Lipinski definition) is 5. The minimum atomic E-state index is -3.89. The van der Waals surface area contributed by atoms with E-state index in [9.17, 15) is 13.2 Å². The van der Waals surface area contributed by atoms with Crippen LogP contribution in [0.4, 0.5) is 0 Å².